The minimum atomic E-state index is 0.944. The molecule has 0 aliphatic carbocycles. The summed E-state index contributed by atoms with van der Waals surface area (Å²) in [6.45, 7) is 0. The van der Waals surface area contributed by atoms with Crippen molar-refractivity contribution < 1.29 is 0 Å². The van der Waals surface area contributed by atoms with Crippen LogP contribution in [0.15, 0.2) is 249 Å². The van der Waals surface area contributed by atoms with Crippen molar-refractivity contribution in [3.05, 3.63) is 249 Å². The van der Waals surface area contributed by atoms with E-state index in [1.54, 1.807) is 0 Å². The second kappa shape index (κ2) is 15.5. The Morgan fingerprint density at radius 3 is 1.24 bits per heavy atom. The molecule has 0 amide bonds. The lowest BCUT2D eigenvalue weighted by atomic mass is 9.98. The van der Waals surface area contributed by atoms with E-state index in [1.165, 1.54) is 82.2 Å². The Labute approximate surface area is 382 Å². The van der Waals surface area contributed by atoms with Crippen LogP contribution in [-0.2, 0) is 0 Å². The molecule has 0 saturated heterocycles. The average molecular weight is 840 g/mol. The largest absolute Gasteiger partial charge is 0.309 e. The van der Waals surface area contributed by atoms with Crippen molar-refractivity contribution in [2.24, 2.45) is 0 Å². The molecule has 308 valence electrons. The molecule has 3 aromatic heterocycles. The van der Waals surface area contributed by atoms with Gasteiger partial charge in [-0.1, -0.05) is 188 Å². The van der Waals surface area contributed by atoms with E-state index in [9.17, 15) is 0 Å². The third-order valence-corrected chi connectivity index (χ3v) is 13.3. The Kier molecular flexibility index (Phi) is 8.85. The highest BCUT2D eigenvalue weighted by Crippen LogP contribution is 2.40. The molecule has 3 nitrogen and oxygen atoms in total. The van der Waals surface area contributed by atoms with Crippen LogP contribution in [-0.4, -0.2) is 14.1 Å². The fourth-order valence-electron chi connectivity index (χ4n) is 10.1. The van der Waals surface area contributed by atoms with Crippen LogP contribution in [0.25, 0.3) is 122 Å². The number of aromatic nitrogens is 3. The first-order chi connectivity index (χ1) is 32.7. The number of benzene rings is 10. The molecule has 0 fully saturated rings. The van der Waals surface area contributed by atoms with Crippen LogP contribution in [0.4, 0.5) is 0 Å². The van der Waals surface area contributed by atoms with Gasteiger partial charge in [-0.3, -0.25) is 0 Å². The lowest BCUT2D eigenvalue weighted by molar-refractivity contribution is 1.18. The smallest absolute Gasteiger partial charge is 0.0715 e. The fraction of sp³-hybridized carbons (Fsp3) is 0. The highest BCUT2D eigenvalue weighted by molar-refractivity contribution is 6.12. The van der Waals surface area contributed by atoms with Crippen molar-refractivity contribution in [1.82, 2.24) is 14.1 Å². The zero-order chi connectivity index (χ0) is 43.6. The zero-order valence-corrected chi connectivity index (χ0v) is 36.0. The maximum atomic E-state index is 5.22. The summed E-state index contributed by atoms with van der Waals surface area (Å²) in [6, 6.07) is 90.0. The zero-order valence-electron chi connectivity index (χ0n) is 36.0. The van der Waals surface area contributed by atoms with E-state index in [2.05, 4.69) is 252 Å². The van der Waals surface area contributed by atoms with Crippen LogP contribution >= 0.6 is 0 Å². The summed E-state index contributed by atoms with van der Waals surface area (Å²) in [5, 5.41) is 7.46. The van der Waals surface area contributed by atoms with E-state index >= 15 is 0 Å². The Hall–Kier alpha value is -8.79. The van der Waals surface area contributed by atoms with Gasteiger partial charge in [-0.15, -0.1) is 0 Å². The summed E-state index contributed by atoms with van der Waals surface area (Å²) < 4.78 is 4.83. The second-order valence-electron chi connectivity index (χ2n) is 17.1. The molecule has 3 heteroatoms. The number of hydrogen-bond acceptors (Lipinski definition) is 1. The number of rotatable bonds is 7. The molecule has 0 N–H and O–H groups in total. The van der Waals surface area contributed by atoms with Crippen LogP contribution in [0.5, 0.6) is 0 Å². The first-order valence-corrected chi connectivity index (χ1v) is 22.6. The summed E-state index contributed by atoms with van der Waals surface area (Å²) >= 11 is 0. The highest BCUT2D eigenvalue weighted by atomic mass is 15.0. The minimum absolute atomic E-state index is 0.944. The summed E-state index contributed by atoms with van der Waals surface area (Å²) in [4.78, 5) is 5.22. The van der Waals surface area contributed by atoms with Crippen LogP contribution < -0.4 is 0 Å². The normalized spacial score (nSPS) is 11.6. The van der Waals surface area contributed by atoms with Crippen LogP contribution in [0.3, 0.4) is 0 Å². The summed E-state index contributed by atoms with van der Waals surface area (Å²) in [7, 11) is 0. The van der Waals surface area contributed by atoms with E-state index < -0.39 is 0 Å². The van der Waals surface area contributed by atoms with Crippen molar-refractivity contribution in [2.75, 3.05) is 0 Å². The van der Waals surface area contributed by atoms with E-state index in [0.29, 0.717) is 0 Å². The molecular formula is C63H41N3. The third kappa shape index (κ3) is 6.32. The molecule has 0 bridgehead atoms. The summed E-state index contributed by atoms with van der Waals surface area (Å²) in [6.07, 6.45) is 0. The second-order valence-corrected chi connectivity index (χ2v) is 17.1. The van der Waals surface area contributed by atoms with E-state index in [0.717, 1.165) is 39.5 Å². The van der Waals surface area contributed by atoms with Gasteiger partial charge in [-0.2, -0.15) is 0 Å². The number of para-hydroxylation sites is 2. The molecule has 0 aliphatic rings. The van der Waals surface area contributed by atoms with Gasteiger partial charge in [0.05, 0.1) is 33.5 Å². The topological polar surface area (TPSA) is 22.8 Å². The van der Waals surface area contributed by atoms with Crippen molar-refractivity contribution in [3.8, 4) is 67.3 Å². The predicted octanol–water partition coefficient (Wildman–Crippen LogP) is 16.8. The molecule has 0 unspecified atom stereocenters. The van der Waals surface area contributed by atoms with Gasteiger partial charge in [0.15, 0.2) is 0 Å². The Balaban J connectivity index is 0.912. The van der Waals surface area contributed by atoms with E-state index in [1.807, 2.05) is 6.07 Å². The lowest BCUT2D eigenvalue weighted by Gasteiger charge is -2.13. The third-order valence-electron chi connectivity index (χ3n) is 13.3. The van der Waals surface area contributed by atoms with Gasteiger partial charge in [0.25, 0.3) is 0 Å². The van der Waals surface area contributed by atoms with E-state index in [4.69, 9.17) is 4.98 Å². The molecule has 13 aromatic rings. The van der Waals surface area contributed by atoms with Gasteiger partial charge in [0.2, 0.25) is 0 Å². The van der Waals surface area contributed by atoms with Crippen molar-refractivity contribution in [2.45, 2.75) is 0 Å². The summed E-state index contributed by atoms with van der Waals surface area (Å²) in [5.74, 6) is 0. The van der Waals surface area contributed by atoms with Crippen molar-refractivity contribution in [1.29, 1.82) is 0 Å². The molecule has 10 aromatic carbocycles. The van der Waals surface area contributed by atoms with Crippen LogP contribution in [0.1, 0.15) is 0 Å². The first-order valence-electron chi connectivity index (χ1n) is 22.6. The molecule has 13 rings (SSSR count). The van der Waals surface area contributed by atoms with Gasteiger partial charge >= 0.3 is 0 Å². The number of pyridine rings is 1. The van der Waals surface area contributed by atoms with Gasteiger partial charge in [-0.25, -0.2) is 4.98 Å². The lowest BCUT2D eigenvalue weighted by Crippen LogP contribution is -1.95. The maximum Gasteiger partial charge on any atom is 0.0715 e. The molecule has 66 heavy (non-hydrogen) atoms. The Morgan fingerprint density at radius 2 is 0.667 bits per heavy atom. The molecule has 3 heterocycles. The van der Waals surface area contributed by atoms with Crippen LogP contribution in [0.2, 0.25) is 0 Å². The van der Waals surface area contributed by atoms with Crippen LogP contribution in [0, 0.1) is 0 Å². The highest BCUT2D eigenvalue weighted by Gasteiger charge is 2.17. The quantitative estimate of drug-likeness (QED) is 0.157. The van der Waals surface area contributed by atoms with Gasteiger partial charge in [0, 0.05) is 44.0 Å². The monoisotopic (exact) mass is 839 g/mol. The molecular weight excluding hydrogens is 799 g/mol. The fourth-order valence-corrected chi connectivity index (χ4v) is 10.1. The number of nitrogens with zero attached hydrogens (tertiary/aromatic N) is 3. The number of fused-ring (bicyclic) bond motifs is 7. The minimum Gasteiger partial charge on any atom is -0.309 e. The molecule has 0 saturated carbocycles. The van der Waals surface area contributed by atoms with Gasteiger partial charge in [-0.05, 0) is 105 Å². The van der Waals surface area contributed by atoms with Gasteiger partial charge < -0.3 is 9.13 Å². The average Bonchev–Trinajstić information content (AvgIpc) is 3.91. The maximum absolute atomic E-state index is 5.22. The molecule has 0 aliphatic heterocycles. The van der Waals surface area contributed by atoms with Crippen molar-refractivity contribution in [3.63, 3.8) is 0 Å². The first kappa shape index (κ1) is 37.7. The summed E-state index contributed by atoms with van der Waals surface area (Å²) in [5.41, 5.74) is 18.1. The molecule has 0 atom stereocenters. The molecule has 0 radical (unpaired) electrons. The van der Waals surface area contributed by atoms with Crippen molar-refractivity contribution >= 4 is 54.4 Å². The van der Waals surface area contributed by atoms with Gasteiger partial charge in [0.1, 0.15) is 0 Å². The predicted molar refractivity (Wildman–Crippen MR) is 278 cm³/mol. The van der Waals surface area contributed by atoms with E-state index in [-0.39, 0.29) is 0 Å². The SMILES string of the molecule is c1ccc(-c2cc(-c3ccccc3)nc(-c3ccc(-n4c5ccccc5c5ccc(-c6ccc7c8ccccc8n(-c8ccc(-c9cccc%10ccccc9%10)cc8)c7c6)cc54)cc3)c2)cc1. The standard InChI is InChI=1S/C63H41N3/c1-3-14-42(15-4-1)49-38-58(45-17-5-2-6-18-45)64-59(39-49)46-28-34-51(35-29-46)66-61-25-12-10-22-55(61)57-37-31-48(41-63(57)66)47-30-36-56-54-21-9-11-24-60(54)65(62(56)40-47)50-32-26-44(27-33-50)53-23-13-19-43-16-7-8-20-52(43)53/h1-41H. The Bertz CT molecular complexity index is 3890. The molecule has 0 spiro atoms. The number of hydrogen-bond donors (Lipinski definition) is 0. The Morgan fingerprint density at radius 1 is 0.242 bits per heavy atom.